The highest BCUT2D eigenvalue weighted by Gasteiger charge is 2.12. The van der Waals surface area contributed by atoms with Crippen molar-refractivity contribution in [2.24, 2.45) is 0 Å². The van der Waals surface area contributed by atoms with Gasteiger partial charge in [-0.15, -0.1) is 6.42 Å². The van der Waals surface area contributed by atoms with Crippen LogP contribution in [0, 0.1) is 12.3 Å². The maximum atomic E-state index is 11.7. The molecule has 0 aliphatic heterocycles. The lowest BCUT2D eigenvalue weighted by molar-refractivity contribution is 0.0957. The Morgan fingerprint density at radius 1 is 1.65 bits per heavy atom. The number of aryl methyl sites for hydroxylation is 1. The molecule has 90 valence electrons. The molecule has 0 radical (unpaired) electrons. The van der Waals surface area contributed by atoms with Crippen molar-refractivity contribution in [2.45, 2.75) is 19.8 Å². The molecular formula is C12H13BrN2O2. The number of H-pyrrole nitrogens is 1. The smallest absolute Gasteiger partial charge is 0.261 e. The monoisotopic (exact) mass is 296 g/mol. The van der Waals surface area contributed by atoms with Crippen LogP contribution in [0.4, 0.5) is 0 Å². The Bertz CT molecular complexity index is 514. The summed E-state index contributed by atoms with van der Waals surface area (Å²) < 4.78 is 0.727. The van der Waals surface area contributed by atoms with Gasteiger partial charge in [0, 0.05) is 10.2 Å². The van der Waals surface area contributed by atoms with Gasteiger partial charge < -0.3 is 10.3 Å². The number of terminal acetylenes is 1. The average Bonchev–Trinajstić information content (AvgIpc) is 2.30. The summed E-state index contributed by atoms with van der Waals surface area (Å²) in [4.78, 5) is 26.0. The number of carbonyl (C=O) groups excluding carboxylic acids is 1. The van der Waals surface area contributed by atoms with Crippen LogP contribution in [0.1, 0.15) is 29.4 Å². The second-order valence-corrected chi connectivity index (χ2v) is 4.33. The Morgan fingerprint density at radius 3 is 2.94 bits per heavy atom. The van der Waals surface area contributed by atoms with E-state index in [1.165, 1.54) is 6.07 Å². The first-order valence-electron chi connectivity index (χ1n) is 5.23. The molecule has 1 rings (SSSR count). The van der Waals surface area contributed by atoms with Crippen molar-refractivity contribution >= 4 is 21.8 Å². The maximum absolute atomic E-state index is 11.7. The summed E-state index contributed by atoms with van der Waals surface area (Å²) in [5, 5.41) is 2.45. The number of aromatic nitrogens is 1. The highest BCUT2D eigenvalue weighted by molar-refractivity contribution is 9.10. The van der Waals surface area contributed by atoms with E-state index in [-0.39, 0.29) is 12.1 Å². The lowest BCUT2D eigenvalue weighted by atomic mass is 10.2. The molecule has 1 aromatic rings. The molecule has 1 aromatic heterocycles. The Hall–Kier alpha value is -1.54. The number of carbonyl (C=O) groups is 1. The van der Waals surface area contributed by atoms with Crippen LogP contribution in [-0.4, -0.2) is 17.4 Å². The average molecular weight is 297 g/mol. The first-order chi connectivity index (χ1) is 8.10. The van der Waals surface area contributed by atoms with Crippen LogP contribution in [0.25, 0.3) is 0 Å². The highest BCUT2D eigenvalue weighted by atomic mass is 79.9. The Morgan fingerprint density at radius 2 is 2.35 bits per heavy atom. The van der Waals surface area contributed by atoms with Gasteiger partial charge in [-0.2, -0.15) is 0 Å². The van der Waals surface area contributed by atoms with Gasteiger partial charge in [0.2, 0.25) is 0 Å². The molecule has 0 spiro atoms. The van der Waals surface area contributed by atoms with Crippen molar-refractivity contribution in [3.63, 3.8) is 0 Å². The SMILES string of the molecule is C#CCNC(=O)c1cc(Br)c(CCC)[nH]c1=O. The summed E-state index contributed by atoms with van der Waals surface area (Å²) in [5.74, 6) is 1.81. The van der Waals surface area contributed by atoms with Gasteiger partial charge in [0.15, 0.2) is 0 Å². The largest absolute Gasteiger partial charge is 0.341 e. The molecular weight excluding hydrogens is 284 g/mol. The highest BCUT2D eigenvalue weighted by Crippen LogP contribution is 2.15. The van der Waals surface area contributed by atoms with Gasteiger partial charge in [-0.25, -0.2) is 0 Å². The molecule has 0 aliphatic carbocycles. The van der Waals surface area contributed by atoms with Crippen LogP contribution in [0.5, 0.6) is 0 Å². The predicted octanol–water partition coefficient (Wildman–Crippen LogP) is 1.45. The zero-order valence-corrected chi connectivity index (χ0v) is 11.1. The summed E-state index contributed by atoms with van der Waals surface area (Å²) in [6, 6.07) is 1.52. The number of halogens is 1. The van der Waals surface area contributed by atoms with Gasteiger partial charge in [-0.3, -0.25) is 9.59 Å². The quantitative estimate of drug-likeness (QED) is 0.826. The zero-order chi connectivity index (χ0) is 12.8. The Kier molecular flexibility index (Phi) is 4.98. The molecule has 2 N–H and O–H groups in total. The van der Waals surface area contributed by atoms with Gasteiger partial charge in [-0.1, -0.05) is 19.3 Å². The summed E-state index contributed by atoms with van der Waals surface area (Å²) in [6.45, 7) is 2.12. The van der Waals surface area contributed by atoms with Crippen LogP contribution in [-0.2, 0) is 6.42 Å². The van der Waals surface area contributed by atoms with E-state index in [2.05, 4.69) is 32.2 Å². The fourth-order valence-electron chi connectivity index (χ4n) is 1.37. The lowest BCUT2D eigenvalue weighted by Gasteiger charge is -2.06. The molecule has 1 heterocycles. The third kappa shape index (κ3) is 3.46. The van der Waals surface area contributed by atoms with E-state index in [4.69, 9.17) is 6.42 Å². The van der Waals surface area contributed by atoms with Crippen molar-refractivity contribution in [1.82, 2.24) is 10.3 Å². The van der Waals surface area contributed by atoms with Crippen molar-refractivity contribution in [2.75, 3.05) is 6.54 Å². The Balaban J connectivity index is 3.04. The minimum Gasteiger partial charge on any atom is -0.341 e. The minimum absolute atomic E-state index is 0.0620. The second-order valence-electron chi connectivity index (χ2n) is 3.48. The van der Waals surface area contributed by atoms with E-state index >= 15 is 0 Å². The Labute approximate surface area is 108 Å². The molecule has 0 bridgehead atoms. The summed E-state index contributed by atoms with van der Waals surface area (Å²) in [6.07, 6.45) is 6.69. The molecule has 4 nitrogen and oxygen atoms in total. The molecule has 17 heavy (non-hydrogen) atoms. The van der Waals surface area contributed by atoms with Crippen LogP contribution in [0.2, 0.25) is 0 Å². The van der Waals surface area contributed by atoms with Gasteiger partial charge in [-0.05, 0) is 28.4 Å². The third-order valence-corrected chi connectivity index (χ3v) is 2.87. The molecule has 0 saturated heterocycles. The van der Waals surface area contributed by atoms with Crippen molar-refractivity contribution in [3.8, 4) is 12.3 Å². The number of amides is 1. The molecule has 0 aromatic carbocycles. The number of hydrogen-bond acceptors (Lipinski definition) is 2. The van der Waals surface area contributed by atoms with E-state index in [9.17, 15) is 9.59 Å². The lowest BCUT2D eigenvalue weighted by Crippen LogP contribution is -2.30. The molecule has 1 amide bonds. The standard InChI is InChI=1S/C12H13BrN2O2/c1-3-5-10-9(13)7-8(12(17)15-10)11(16)14-6-4-2/h2,7H,3,5-6H2,1H3,(H,14,16)(H,15,17). The topological polar surface area (TPSA) is 62.0 Å². The van der Waals surface area contributed by atoms with Crippen LogP contribution in [0.15, 0.2) is 15.3 Å². The maximum Gasteiger partial charge on any atom is 0.261 e. The minimum atomic E-state index is -0.465. The molecule has 0 unspecified atom stereocenters. The van der Waals surface area contributed by atoms with Crippen LogP contribution in [0.3, 0.4) is 0 Å². The normalized spacial score (nSPS) is 9.71. The molecule has 0 atom stereocenters. The first-order valence-corrected chi connectivity index (χ1v) is 6.02. The van der Waals surface area contributed by atoms with Crippen LogP contribution >= 0.6 is 15.9 Å². The number of aromatic amines is 1. The van der Waals surface area contributed by atoms with Gasteiger partial charge >= 0.3 is 0 Å². The summed E-state index contributed by atoms with van der Waals surface area (Å²) >= 11 is 3.33. The number of nitrogens with one attached hydrogen (secondary N) is 2. The molecule has 0 fully saturated rings. The van der Waals surface area contributed by atoms with E-state index in [1.807, 2.05) is 6.92 Å². The van der Waals surface area contributed by atoms with E-state index in [0.717, 1.165) is 23.0 Å². The second kappa shape index (κ2) is 6.26. The first kappa shape index (κ1) is 13.5. The number of rotatable bonds is 4. The predicted molar refractivity (Wildman–Crippen MR) is 69.9 cm³/mol. The van der Waals surface area contributed by atoms with Crippen molar-refractivity contribution < 1.29 is 4.79 Å². The molecule has 0 aliphatic rings. The van der Waals surface area contributed by atoms with E-state index in [0.29, 0.717) is 0 Å². The van der Waals surface area contributed by atoms with Crippen LogP contribution < -0.4 is 10.9 Å². The van der Waals surface area contributed by atoms with Crippen molar-refractivity contribution in [3.05, 3.63) is 32.2 Å². The fraction of sp³-hybridized carbons (Fsp3) is 0.333. The summed E-state index contributed by atoms with van der Waals surface area (Å²) in [7, 11) is 0. The van der Waals surface area contributed by atoms with E-state index in [1.54, 1.807) is 0 Å². The molecule has 5 heteroatoms. The number of pyridine rings is 1. The summed E-state index contributed by atoms with van der Waals surface area (Å²) in [5.41, 5.74) is 0.462. The van der Waals surface area contributed by atoms with E-state index < -0.39 is 11.5 Å². The number of hydrogen-bond donors (Lipinski definition) is 2. The zero-order valence-electron chi connectivity index (χ0n) is 9.47. The fourth-order valence-corrected chi connectivity index (χ4v) is 1.90. The third-order valence-electron chi connectivity index (χ3n) is 2.16. The van der Waals surface area contributed by atoms with Gasteiger partial charge in [0.1, 0.15) is 5.56 Å². The van der Waals surface area contributed by atoms with Gasteiger partial charge in [0.25, 0.3) is 11.5 Å². The van der Waals surface area contributed by atoms with Crippen molar-refractivity contribution in [1.29, 1.82) is 0 Å². The van der Waals surface area contributed by atoms with Gasteiger partial charge in [0.05, 0.1) is 6.54 Å². The molecule has 0 saturated carbocycles.